The summed E-state index contributed by atoms with van der Waals surface area (Å²) in [6.45, 7) is 2.58. The molecule has 1 unspecified atom stereocenters. The number of piperidine rings is 1. The number of rotatable bonds is 6. The van der Waals surface area contributed by atoms with Gasteiger partial charge in [-0.25, -0.2) is 8.42 Å². The van der Waals surface area contributed by atoms with E-state index in [1.54, 1.807) is 38.4 Å². The number of likely N-dealkylation sites (tertiary alicyclic amines) is 1. The van der Waals surface area contributed by atoms with Gasteiger partial charge in [-0.05, 0) is 44.2 Å². The Bertz CT molecular complexity index is 940. The Hall–Kier alpha value is -2.33. The predicted octanol–water partition coefficient (Wildman–Crippen LogP) is 1.54. The van der Waals surface area contributed by atoms with Crippen LogP contribution in [0.5, 0.6) is 0 Å². The van der Waals surface area contributed by atoms with Gasteiger partial charge in [-0.2, -0.15) is 4.31 Å². The zero-order chi connectivity index (χ0) is 20.3. The molecule has 1 amide bonds. The van der Waals surface area contributed by atoms with Crippen molar-refractivity contribution in [1.82, 2.24) is 29.2 Å². The molecule has 29 heavy (non-hydrogen) atoms. The second-order valence-corrected chi connectivity index (χ2v) is 9.50. The first-order chi connectivity index (χ1) is 14.1. The lowest BCUT2D eigenvalue weighted by atomic mass is 10.0. The molecule has 10 heteroatoms. The number of aryl methyl sites for hydroxylation is 1. The van der Waals surface area contributed by atoms with E-state index >= 15 is 0 Å². The maximum absolute atomic E-state index is 13.1. The van der Waals surface area contributed by atoms with Crippen LogP contribution in [0.25, 0.3) is 0 Å². The fraction of sp³-hybridized carbons (Fsp3) is 0.579. The van der Waals surface area contributed by atoms with Gasteiger partial charge in [-0.3, -0.25) is 14.5 Å². The van der Waals surface area contributed by atoms with Crippen LogP contribution in [0.4, 0.5) is 0 Å². The predicted molar refractivity (Wildman–Crippen MR) is 106 cm³/mol. The van der Waals surface area contributed by atoms with Crippen molar-refractivity contribution in [1.29, 1.82) is 0 Å². The highest BCUT2D eigenvalue weighted by Gasteiger charge is 2.33. The number of carbonyl (C=O) groups excluding carboxylic acids is 1. The van der Waals surface area contributed by atoms with Crippen LogP contribution in [0.3, 0.4) is 0 Å². The van der Waals surface area contributed by atoms with Crippen molar-refractivity contribution in [3.8, 4) is 0 Å². The van der Waals surface area contributed by atoms with Crippen LogP contribution in [0.1, 0.15) is 49.0 Å². The Morgan fingerprint density at radius 1 is 1.14 bits per heavy atom. The SMILES string of the molecule is O=C(c1cn(CCC2CCCCN2S(=O)(=O)c2cccnc2)nn1)N1CCCC1. The molecule has 1 atom stereocenters. The molecule has 4 heterocycles. The second-order valence-electron chi connectivity index (χ2n) is 7.61. The summed E-state index contributed by atoms with van der Waals surface area (Å²) >= 11 is 0. The third kappa shape index (κ3) is 4.32. The fourth-order valence-corrected chi connectivity index (χ4v) is 5.77. The van der Waals surface area contributed by atoms with Crippen molar-refractivity contribution in [2.45, 2.75) is 56.0 Å². The summed E-state index contributed by atoms with van der Waals surface area (Å²) in [4.78, 5) is 18.4. The normalized spacial score (nSPS) is 20.8. The van der Waals surface area contributed by atoms with E-state index in [0.717, 1.165) is 45.2 Å². The number of hydrogen-bond acceptors (Lipinski definition) is 6. The molecule has 0 aliphatic carbocycles. The largest absolute Gasteiger partial charge is 0.337 e. The van der Waals surface area contributed by atoms with Gasteiger partial charge < -0.3 is 4.90 Å². The number of carbonyl (C=O) groups is 1. The van der Waals surface area contributed by atoms with E-state index in [0.29, 0.717) is 25.2 Å². The third-order valence-corrected chi connectivity index (χ3v) is 7.59. The number of sulfonamides is 1. The standard InChI is InChI=1S/C19H26N6O3S/c26-19(23-10-3-4-11-23)18-15-24(22-21-18)13-8-16-6-1-2-12-25(16)29(27,28)17-7-5-9-20-14-17/h5,7,9,14-16H,1-4,6,8,10-13H2. The molecule has 4 rings (SSSR count). The van der Waals surface area contributed by atoms with Gasteiger partial charge in [-0.15, -0.1) is 5.10 Å². The molecule has 9 nitrogen and oxygen atoms in total. The van der Waals surface area contributed by atoms with E-state index < -0.39 is 10.0 Å². The molecular formula is C19H26N6O3S. The van der Waals surface area contributed by atoms with Crippen LogP contribution in [-0.4, -0.2) is 69.2 Å². The van der Waals surface area contributed by atoms with Crippen molar-refractivity contribution in [3.05, 3.63) is 36.4 Å². The Labute approximate surface area is 170 Å². The van der Waals surface area contributed by atoms with Gasteiger partial charge in [0.25, 0.3) is 5.91 Å². The van der Waals surface area contributed by atoms with Crippen LogP contribution >= 0.6 is 0 Å². The van der Waals surface area contributed by atoms with Crippen LogP contribution in [0, 0.1) is 0 Å². The van der Waals surface area contributed by atoms with Gasteiger partial charge >= 0.3 is 0 Å². The van der Waals surface area contributed by atoms with Gasteiger partial charge in [-0.1, -0.05) is 11.6 Å². The molecule has 0 saturated carbocycles. The van der Waals surface area contributed by atoms with Crippen LogP contribution in [0.2, 0.25) is 0 Å². The van der Waals surface area contributed by atoms with Gasteiger partial charge in [0.05, 0.1) is 6.20 Å². The molecule has 2 aromatic heterocycles. The maximum Gasteiger partial charge on any atom is 0.276 e. The Kier molecular flexibility index (Phi) is 5.91. The van der Waals surface area contributed by atoms with Crippen LogP contribution in [0.15, 0.2) is 35.6 Å². The fourth-order valence-electron chi connectivity index (χ4n) is 4.08. The van der Waals surface area contributed by atoms with E-state index in [2.05, 4.69) is 15.3 Å². The molecule has 156 valence electrons. The lowest BCUT2D eigenvalue weighted by Crippen LogP contribution is -2.44. The summed E-state index contributed by atoms with van der Waals surface area (Å²) < 4.78 is 29.3. The lowest BCUT2D eigenvalue weighted by Gasteiger charge is -2.34. The number of aromatic nitrogens is 4. The average molecular weight is 419 g/mol. The van der Waals surface area contributed by atoms with E-state index in [-0.39, 0.29) is 16.8 Å². The monoisotopic (exact) mass is 418 g/mol. The quantitative estimate of drug-likeness (QED) is 0.705. The first-order valence-corrected chi connectivity index (χ1v) is 11.6. The third-order valence-electron chi connectivity index (χ3n) is 5.66. The van der Waals surface area contributed by atoms with Crippen molar-refractivity contribution >= 4 is 15.9 Å². The summed E-state index contributed by atoms with van der Waals surface area (Å²) in [5.74, 6) is -0.0767. The van der Waals surface area contributed by atoms with E-state index in [4.69, 9.17) is 0 Å². The molecule has 0 N–H and O–H groups in total. The lowest BCUT2D eigenvalue weighted by molar-refractivity contribution is 0.0787. The van der Waals surface area contributed by atoms with Gasteiger partial charge in [0.2, 0.25) is 10.0 Å². The Balaban J connectivity index is 1.42. The highest BCUT2D eigenvalue weighted by atomic mass is 32.2. The average Bonchev–Trinajstić information content (AvgIpc) is 3.45. The van der Waals surface area contributed by atoms with E-state index in [9.17, 15) is 13.2 Å². The highest BCUT2D eigenvalue weighted by Crippen LogP contribution is 2.27. The molecule has 0 radical (unpaired) electrons. The van der Waals surface area contributed by atoms with Crippen molar-refractivity contribution in [2.75, 3.05) is 19.6 Å². The van der Waals surface area contributed by atoms with Crippen molar-refractivity contribution in [3.63, 3.8) is 0 Å². The summed E-state index contributed by atoms with van der Waals surface area (Å²) in [5, 5.41) is 8.10. The first kappa shape index (κ1) is 20.0. The number of hydrogen-bond donors (Lipinski definition) is 0. The Morgan fingerprint density at radius 3 is 2.69 bits per heavy atom. The molecule has 2 aliphatic rings. The van der Waals surface area contributed by atoms with Gasteiger partial charge in [0, 0.05) is 44.6 Å². The molecule has 2 saturated heterocycles. The molecule has 2 fully saturated rings. The summed E-state index contributed by atoms with van der Waals surface area (Å²) in [5.41, 5.74) is 0.357. The molecular weight excluding hydrogens is 392 g/mol. The molecule has 2 aliphatic heterocycles. The molecule has 0 bridgehead atoms. The number of nitrogens with zero attached hydrogens (tertiary/aromatic N) is 6. The summed E-state index contributed by atoms with van der Waals surface area (Å²) in [6.07, 6.45) is 9.99. The van der Waals surface area contributed by atoms with Crippen molar-refractivity contribution < 1.29 is 13.2 Å². The summed E-state index contributed by atoms with van der Waals surface area (Å²) in [6, 6.07) is 3.12. The number of amides is 1. The number of pyridine rings is 1. The second kappa shape index (κ2) is 8.58. The van der Waals surface area contributed by atoms with Gasteiger partial charge in [0.15, 0.2) is 5.69 Å². The minimum atomic E-state index is -3.57. The first-order valence-electron chi connectivity index (χ1n) is 10.2. The topological polar surface area (TPSA) is 101 Å². The minimum Gasteiger partial charge on any atom is -0.337 e. The maximum atomic E-state index is 13.1. The molecule has 0 spiro atoms. The minimum absolute atomic E-state index is 0.0767. The summed E-state index contributed by atoms with van der Waals surface area (Å²) in [7, 11) is -3.57. The smallest absolute Gasteiger partial charge is 0.276 e. The van der Waals surface area contributed by atoms with Crippen molar-refractivity contribution in [2.24, 2.45) is 0 Å². The highest BCUT2D eigenvalue weighted by molar-refractivity contribution is 7.89. The van der Waals surface area contributed by atoms with Crippen LogP contribution in [-0.2, 0) is 16.6 Å². The van der Waals surface area contributed by atoms with Crippen LogP contribution < -0.4 is 0 Å². The Morgan fingerprint density at radius 2 is 1.93 bits per heavy atom. The molecule has 2 aromatic rings. The zero-order valence-electron chi connectivity index (χ0n) is 16.4. The van der Waals surface area contributed by atoms with E-state index in [1.807, 2.05) is 0 Å². The van der Waals surface area contributed by atoms with Gasteiger partial charge in [0.1, 0.15) is 4.90 Å². The zero-order valence-corrected chi connectivity index (χ0v) is 17.2. The van der Waals surface area contributed by atoms with E-state index in [1.165, 1.54) is 6.20 Å². The molecule has 0 aromatic carbocycles.